The zero-order valence-corrected chi connectivity index (χ0v) is 17.5. The Bertz CT molecular complexity index is 1030. The Hall–Kier alpha value is -1.45. The lowest BCUT2D eigenvalue weighted by Crippen LogP contribution is -2.29. The number of thiazole rings is 1. The third-order valence-electron chi connectivity index (χ3n) is 3.84. The van der Waals surface area contributed by atoms with Crippen molar-refractivity contribution >= 4 is 60.6 Å². The van der Waals surface area contributed by atoms with Gasteiger partial charge in [-0.15, -0.1) is 11.8 Å². The van der Waals surface area contributed by atoms with Gasteiger partial charge in [-0.2, -0.15) is 4.57 Å². The fourth-order valence-corrected chi connectivity index (χ4v) is 4.25. The van der Waals surface area contributed by atoms with Gasteiger partial charge >= 0.3 is 0 Å². The molecule has 8 heteroatoms. The maximum absolute atomic E-state index is 9.22. The first-order chi connectivity index (χ1) is 12.3. The molecule has 0 bridgehead atoms. The molecule has 2 aromatic carbocycles. The van der Waals surface area contributed by atoms with Crippen molar-refractivity contribution in [2.75, 3.05) is 13.4 Å². The number of rotatable bonds is 4. The molecule has 0 aliphatic heterocycles. The van der Waals surface area contributed by atoms with Crippen molar-refractivity contribution in [2.24, 2.45) is 7.05 Å². The van der Waals surface area contributed by atoms with Crippen LogP contribution in [-0.2, 0) is 21.6 Å². The molecule has 0 aliphatic rings. The van der Waals surface area contributed by atoms with E-state index < -0.39 is 10.4 Å². The number of aromatic nitrogens is 1. The predicted octanol–water partition coefficient (Wildman–Crippen LogP) is 4.09. The zero-order chi connectivity index (χ0) is 19.3. The zero-order valence-electron chi connectivity index (χ0n) is 15.1. The van der Waals surface area contributed by atoms with Gasteiger partial charge in [-0.1, -0.05) is 42.5 Å². The topological polar surface area (TPSA) is 70.3 Å². The molecule has 3 aromatic rings. The summed E-state index contributed by atoms with van der Waals surface area (Å²) >= 11 is 3.71. The molecule has 3 rings (SSSR count). The van der Waals surface area contributed by atoms with Crippen LogP contribution in [0.25, 0.3) is 27.1 Å². The highest BCUT2D eigenvalue weighted by atomic mass is 32.3. The third-order valence-corrected chi connectivity index (χ3v) is 6.33. The van der Waals surface area contributed by atoms with E-state index in [9.17, 15) is 13.0 Å². The Morgan fingerprint density at radius 1 is 1.31 bits per heavy atom. The normalized spacial score (nSPS) is 12.3. The van der Waals surface area contributed by atoms with E-state index in [1.165, 1.54) is 30.9 Å². The Morgan fingerprint density at radius 2 is 1.96 bits per heavy atom. The Balaban J connectivity index is 0.000000352. The molecule has 1 heterocycles. The maximum atomic E-state index is 9.22. The average Bonchev–Trinajstić information content (AvgIpc) is 2.95. The Labute approximate surface area is 162 Å². The van der Waals surface area contributed by atoms with Gasteiger partial charge in [-0.25, -0.2) is 8.42 Å². The van der Waals surface area contributed by atoms with E-state index in [1.54, 1.807) is 0 Å². The monoisotopic (exact) mass is 411 g/mol. The van der Waals surface area contributed by atoms with Crippen molar-refractivity contribution < 1.29 is 21.7 Å². The lowest BCUT2D eigenvalue weighted by Gasteiger charge is -1.98. The van der Waals surface area contributed by atoms with Gasteiger partial charge in [0.1, 0.15) is 11.7 Å². The SMILES string of the molecule is CCC(=Cc1sc2ccc3ccccc3c2[n+]1C)SC.COS(=O)(=O)[O-]. The largest absolute Gasteiger partial charge is 0.726 e. The second kappa shape index (κ2) is 8.96. The third kappa shape index (κ3) is 5.05. The van der Waals surface area contributed by atoms with Crippen LogP contribution in [0.5, 0.6) is 0 Å². The number of allylic oxidation sites excluding steroid dienone is 1. The molecule has 0 radical (unpaired) electrons. The molecule has 1 aromatic heterocycles. The number of benzene rings is 2. The summed E-state index contributed by atoms with van der Waals surface area (Å²) in [4.78, 5) is 1.43. The molecule has 0 saturated carbocycles. The van der Waals surface area contributed by atoms with Crippen LogP contribution in [0, 0.1) is 0 Å². The highest BCUT2D eigenvalue weighted by Gasteiger charge is 2.18. The number of hydrogen-bond donors (Lipinski definition) is 0. The second-order valence-electron chi connectivity index (χ2n) is 5.38. The van der Waals surface area contributed by atoms with E-state index in [2.05, 4.69) is 71.5 Å². The fourth-order valence-electron chi connectivity index (χ4n) is 2.52. The molecule has 140 valence electrons. The van der Waals surface area contributed by atoms with Crippen LogP contribution >= 0.6 is 23.1 Å². The van der Waals surface area contributed by atoms with Gasteiger partial charge in [0, 0.05) is 6.08 Å². The van der Waals surface area contributed by atoms with Crippen LogP contribution < -0.4 is 4.57 Å². The van der Waals surface area contributed by atoms with Crippen molar-refractivity contribution in [3.8, 4) is 0 Å². The second-order valence-corrected chi connectivity index (χ2v) is 8.52. The average molecular weight is 412 g/mol. The lowest BCUT2D eigenvalue weighted by atomic mass is 10.1. The van der Waals surface area contributed by atoms with Gasteiger partial charge in [-0.3, -0.25) is 4.18 Å². The van der Waals surface area contributed by atoms with Gasteiger partial charge in [0.2, 0.25) is 15.9 Å². The van der Waals surface area contributed by atoms with Gasteiger partial charge in [0.05, 0.1) is 12.5 Å². The fraction of sp³-hybridized carbons (Fsp3) is 0.278. The summed E-state index contributed by atoms with van der Waals surface area (Å²) in [5, 5.41) is 3.97. The molecule has 26 heavy (non-hydrogen) atoms. The molecule has 0 amide bonds. The van der Waals surface area contributed by atoms with Crippen molar-refractivity contribution in [3.63, 3.8) is 0 Å². The predicted molar refractivity (Wildman–Crippen MR) is 109 cm³/mol. The van der Waals surface area contributed by atoms with Gasteiger partial charge < -0.3 is 4.55 Å². The van der Waals surface area contributed by atoms with E-state index in [4.69, 9.17) is 0 Å². The van der Waals surface area contributed by atoms with E-state index >= 15 is 0 Å². The summed E-state index contributed by atoms with van der Waals surface area (Å²) in [6.45, 7) is 2.21. The van der Waals surface area contributed by atoms with E-state index in [-0.39, 0.29) is 0 Å². The summed E-state index contributed by atoms with van der Waals surface area (Å²) in [7, 11) is -1.43. The van der Waals surface area contributed by atoms with E-state index in [1.807, 2.05) is 23.1 Å². The van der Waals surface area contributed by atoms with Crippen LogP contribution in [0.1, 0.15) is 18.4 Å². The quantitative estimate of drug-likeness (QED) is 0.367. The molecular formula is C18H21NO4S3. The van der Waals surface area contributed by atoms with E-state index in [0.717, 1.165) is 13.5 Å². The smallest absolute Gasteiger partial charge is 0.263 e. The van der Waals surface area contributed by atoms with Crippen molar-refractivity contribution in [2.45, 2.75) is 13.3 Å². The van der Waals surface area contributed by atoms with Gasteiger partial charge in [0.25, 0.3) is 5.01 Å². The van der Waals surface area contributed by atoms with Crippen molar-refractivity contribution in [1.82, 2.24) is 0 Å². The summed E-state index contributed by atoms with van der Waals surface area (Å²) in [5.74, 6) is 0. The molecular weight excluding hydrogens is 390 g/mol. The van der Waals surface area contributed by atoms with Gasteiger partial charge in [-0.05, 0) is 35.1 Å². The number of aryl methyl sites for hydroxylation is 1. The summed E-state index contributed by atoms with van der Waals surface area (Å²) in [6.07, 6.45) is 5.57. The number of hydrogen-bond acceptors (Lipinski definition) is 6. The molecule has 0 spiro atoms. The highest BCUT2D eigenvalue weighted by Crippen LogP contribution is 2.29. The minimum Gasteiger partial charge on any atom is -0.726 e. The van der Waals surface area contributed by atoms with Crippen LogP contribution in [0.4, 0.5) is 0 Å². The van der Waals surface area contributed by atoms with Crippen LogP contribution in [-0.4, -0.2) is 26.3 Å². The van der Waals surface area contributed by atoms with Crippen LogP contribution in [0.15, 0.2) is 41.3 Å². The molecule has 5 nitrogen and oxygen atoms in total. The first kappa shape index (κ1) is 20.9. The summed E-state index contributed by atoms with van der Waals surface area (Å²) in [5.41, 5.74) is 1.34. The van der Waals surface area contributed by atoms with Crippen molar-refractivity contribution in [3.05, 3.63) is 46.3 Å². The standard InChI is InChI=1S/C17H18NS2.CH4O4S/c1-4-13(19-3)11-16-18(2)17-14-8-6-5-7-12(14)9-10-15(17)20-16;1-5-6(2,3)4/h5-11H,4H2,1-3H3;1H3,(H,2,3,4)/q+1;/p-1. The summed E-state index contributed by atoms with van der Waals surface area (Å²) < 4.78 is 34.7. The number of thioether (sulfide) groups is 1. The molecule has 0 unspecified atom stereocenters. The summed E-state index contributed by atoms with van der Waals surface area (Å²) in [6, 6.07) is 13.1. The van der Waals surface area contributed by atoms with Crippen LogP contribution in [0.2, 0.25) is 0 Å². The number of fused-ring (bicyclic) bond motifs is 3. The van der Waals surface area contributed by atoms with Crippen molar-refractivity contribution in [1.29, 1.82) is 0 Å². The lowest BCUT2D eigenvalue weighted by molar-refractivity contribution is -0.641. The molecule has 0 N–H and O–H groups in total. The molecule has 0 atom stereocenters. The first-order valence-electron chi connectivity index (χ1n) is 7.87. The first-order valence-corrected chi connectivity index (χ1v) is 11.2. The molecule has 0 saturated heterocycles. The maximum Gasteiger partial charge on any atom is 0.263 e. The minimum absolute atomic E-state index is 0.808. The Morgan fingerprint density at radius 3 is 2.54 bits per heavy atom. The minimum atomic E-state index is -4.41. The number of nitrogens with zero attached hydrogens (tertiary/aromatic N) is 1. The molecule has 0 aliphatic carbocycles. The van der Waals surface area contributed by atoms with Crippen LogP contribution in [0.3, 0.4) is 0 Å². The Kier molecular flexibility index (Phi) is 7.19. The van der Waals surface area contributed by atoms with Gasteiger partial charge in [0.15, 0.2) is 0 Å². The van der Waals surface area contributed by atoms with E-state index in [0.29, 0.717) is 0 Å². The highest BCUT2D eigenvalue weighted by molar-refractivity contribution is 8.02. The molecule has 0 fully saturated rings.